The maximum absolute atomic E-state index is 12.5. The van der Waals surface area contributed by atoms with Crippen molar-refractivity contribution in [1.82, 2.24) is 0 Å². The van der Waals surface area contributed by atoms with Gasteiger partial charge in [0.05, 0.1) is 12.2 Å². The second kappa shape index (κ2) is 7.62. The highest BCUT2D eigenvalue weighted by Crippen LogP contribution is 2.35. The molecule has 0 saturated heterocycles. The Morgan fingerprint density at radius 1 is 1.27 bits per heavy atom. The zero-order valence-corrected chi connectivity index (χ0v) is 15.1. The van der Waals surface area contributed by atoms with E-state index in [1.807, 2.05) is 6.07 Å². The molecule has 26 heavy (non-hydrogen) atoms. The molecular formula is C20H17ClO5. The third-order valence-electron chi connectivity index (χ3n) is 3.72. The first-order valence-electron chi connectivity index (χ1n) is 8.15. The van der Waals surface area contributed by atoms with E-state index in [1.165, 1.54) is 0 Å². The van der Waals surface area contributed by atoms with E-state index < -0.39 is 12.1 Å². The summed E-state index contributed by atoms with van der Waals surface area (Å²) in [6.07, 6.45) is 0.877. The Balaban J connectivity index is 1.79. The lowest BCUT2D eigenvalue weighted by atomic mass is 10.1. The van der Waals surface area contributed by atoms with E-state index in [0.717, 1.165) is 5.56 Å². The third kappa shape index (κ3) is 3.89. The number of Topliss-reactive ketones (excluding diaryl/α,β-unsaturated/α-hetero) is 1. The van der Waals surface area contributed by atoms with Crippen molar-refractivity contribution in [2.45, 2.75) is 20.0 Å². The van der Waals surface area contributed by atoms with Crippen molar-refractivity contribution in [2.24, 2.45) is 0 Å². The molecule has 0 amide bonds. The summed E-state index contributed by atoms with van der Waals surface area (Å²) in [6.45, 7) is 3.61. The van der Waals surface area contributed by atoms with Crippen LogP contribution in [0.2, 0.25) is 5.02 Å². The number of hydrogen-bond donors (Lipinski definition) is 0. The lowest BCUT2D eigenvalue weighted by Crippen LogP contribution is -2.26. The SMILES string of the molecule is CCOC(=O)[C@H](C)Oc1ccc2c(c1)O/C(=C/c1cccc(Cl)c1)C2=O. The number of esters is 1. The minimum atomic E-state index is -0.758. The van der Waals surface area contributed by atoms with Crippen LogP contribution in [0.15, 0.2) is 48.2 Å². The number of benzene rings is 2. The first kappa shape index (κ1) is 18.0. The van der Waals surface area contributed by atoms with Gasteiger partial charge < -0.3 is 14.2 Å². The van der Waals surface area contributed by atoms with E-state index in [2.05, 4.69) is 0 Å². The smallest absolute Gasteiger partial charge is 0.347 e. The predicted octanol–water partition coefficient (Wildman–Crippen LogP) is 4.29. The Hall–Kier alpha value is -2.79. The summed E-state index contributed by atoms with van der Waals surface area (Å²) in [5.41, 5.74) is 1.20. The normalized spacial score (nSPS) is 15.3. The topological polar surface area (TPSA) is 61.8 Å². The number of carbonyl (C=O) groups excluding carboxylic acids is 2. The van der Waals surface area contributed by atoms with Crippen LogP contribution in [0.5, 0.6) is 11.5 Å². The van der Waals surface area contributed by atoms with Gasteiger partial charge in [-0.2, -0.15) is 0 Å². The Bertz CT molecular complexity index is 888. The van der Waals surface area contributed by atoms with Gasteiger partial charge in [-0.1, -0.05) is 23.7 Å². The zero-order chi connectivity index (χ0) is 18.7. The zero-order valence-electron chi connectivity index (χ0n) is 14.3. The quantitative estimate of drug-likeness (QED) is 0.579. The fraction of sp³-hybridized carbons (Fsp3) is 0.200. The average molecular weight is 373 g/mol. The maximum atomic E-state index is 12.5. The highest BCUT2D eigenvalue weighted by molar-refractivity contribution is 6.30. The van der Waals surface area contributed by atoms with E-state index in [0.29, 0.717) is 22.1 Å². The molecule has 1 heterocycles. The molecule has 0 saturated carbocycles. The molecule has 3 rings (SSSR count). The minimum Gasteiger partial charge on any atom is -0.479 e. The summed E-state index contributed by atoms with van der Waals surface area (Å²) in [7, 11) is 0. The molecule has 0 bridgehead atoms. The van der Waals surface area contributed by atoms with Crippen molar-refractivity contribution >= 4 is 29.4 Å². The van der Waals surface area contributed by atoms with Gasteiger partial charge in [-0.25, -0.2) is 4.79 Å². The molecule has 1 atom stereocenters. The van der Waals surface area contributed by atoms with Crippen LogP contribution in [-0.2, 0) is 9.53 Å². The van der Waals surface area contributed by atoms with Gasteiger partial charge in [0.25, 0.3) is 0 Å². The number of halogens is 1. The fourth-order valence-corrected chi connectivity index (χ4v) is 2.70. The van der Waals surface area contributed by atoms with E-state index >= 15 is 0 Å². The number of ketones is 1. The van der Waals surface area contributed by atoms with Crippen LogP contribution in [0.1, 0.15) is 29.8 Å². The number of ether oxygens (including phenoxy) is 3. The number of hydrogen-bond acceptors (Lipinski definition) is 5. The van der Waals surface area contributed by atoms with Crippen molar-refractivity contribution < 1.29 is 23.8 Å². The highest BCUT2D eigenvalue weighted by atomic mass is 35.5. The Labute approximate surface area is 156 Å². The van der Waals surface area contributed by atoms with Crippen molar-refractivity contribution in [1.29, 1.82) is 0 Å². The van der Waals surface area contributed by atoms with Crippen LogP contribution in [0.4, 0.5) is 0 Å². The monoisotopic (exact) mass is 372 g/mol. The lowest BCUT2D eigenvalue weighted by Gasteiger charge is -2.13. The summed E-state index contributed by atoms with van der Waals surface area (Å²) in [5, 5.41) is 0.575. The summed E-state index contributed by atoms with van der Waals surface area (Å²) >= 11 is 5.96. The van der Waals surface area contributed by atoms with Gasteiger partial charge in [0.15, 0.2) is 11.9 Å². The predicted molar refractivity (Wildman–Crippen MR) is 97.6 cm³/mol. The second-order valence-electron chi connectivity index (χ2n) is 5.66. The van der Waals surface area contributed by atoms with E-state index in [9.17, 15) is 9.59 Å². The van der Waals surface area contributed by atoms with E-state index in [1.54, 1.807) is 56.3 Å². The first-order valence-corrected chi connectivity index (χ1v) is 8.53. The summed E-state index contributed by atoms with van der Waals surface area (Å²) in [6, 6.07) is 11.9. The lowest BCUT2D eigenvalue weighted by molar-refractivity contribution is -0.150. The molecule has 2 aromatic rings. The average Bonchev–Trinajstić information content (AvgIpc) is 2.90. The second-order valence-corrected chi connectivity index (χ2v) is 6.10. The van der Waals surface area contributed by atoms with Gasteiger partial charge in [0.1, 0.15) is 11.5 Å². The van der Waals surface area contributed by atoms with Gasteiger partial charge in [0, 0.05) is 11.1 Å². The molecule has 0 fully saturated rings. The number of fused-ring (bicyclic) bond motifs is 1. The molecule has 134 valence electrons. The molecule has 0 aliphatic carbocycles. The van der Waals surface area contributed by atoms with Crippen LogP contribution < -0.4 is 9.47 Å². The van der Waals surface area contributed by atoms with Crippen LogP contribution in [-0.4, -0.2) is 24.5 Å². The molecular weight excluding hydrogens is 356 g/mol. The molecule has 0 N–H and O–H groups in total. The molecule has 5 nitrogen and oxygen atoms in total. The Morgan fingerprint density at radius 3 is 2.81 bits per heavy atom. The van der Waals surface area contributed by atoms with Gasteiger partial charge in [-0.15, -0.1) is 0 Å². The van der Waals surface area contributed by atoms with Gasteiger partial charge in [-0.3, -0.25) is 4.79 Å². The van der Waals surface area contributed by atoms with Crippen LogP contribution in [0.25, 0.3) is 6.08 Å². The summed E-state index contributed by atoms with van der Waals surface area (Å²) < 4.78 is 16.1. The Morgan fingerprint density at radius 2 is 2.08 bits per heavy atom. The van der Waals surface area contributed by atoms with Gasteiger partial charge >= 0.3 is 5.97 Å². The molecule has 0 aromatic heterocycles. The fourth-order valence-electron chi connectivity index (χ4n) is 2.50. The number of allylic oxidation sites excluding steroid dienone is 1. The maximum Gasteiger partial charge on any atom is 0.347 e. The van der Waals surface area contributed by atoms with Crippen LogP contribution >= 0.6 is 11.6 Å². The van der Waals surface area contributed by atoms with Crippen LogP contribution in [0.3, 0.4) is 0 Å². The molecule has 0 unspecified atom stereocenters. The van der Waals surface area contributed by atoms with Crippen LogP contribution in [0, 0.1) is 0 Å². The third-order valence-corrected chi connectivity index (χ3v) is 3.95. The highest BCUT2D eigenvalue weighted by Gasteiger charge is 2.28. The Kier molecular flexibility index (Phi) is 5.28. The number of rotatable bonds is 5. The minimum absolute atomic E-state index is 0.206. The number of carbonyl (C=O) groups is 2. The summed E-state index contributed by atoms with van der Waals surface area (Å²) in [4.78, 5) is 24.1. The largest absolute Gasteiger partial charge is 0.479 e. The van der Waals surface area contributed by atoms with Crippen molar-refractivity contribution in [2.75, 3.05) is 6.61 Å². The summed E-state index contributed by atoms with van der Waals surface area (Å²) in [5.74, 6) is 0.340. The van der Waals surface area contributed by atoms with E-state index in [-0.39, 0.29) is 18.1 Å². The standard InChI is InChI=1S/C20H17ClO5/c1-3-24-20(23)12(2)25-15-7-8-16-17(11-15)26-18(19(16)22)10-13-5-4-6-14(21)9-13/h4-12H,3H2,1-2H3/b18-10+/t12-/m0/s1. The molecule has 1 aliphatic rings. The van der Waals surface area contributed by atoms with E-state index in [4.69, 9.17) is 25.8 Å². The van der Waals surface area contributed by atoms with Crippen molar-refractivity contribution in [3.63, 3.8) is 0 Å². The van der Waals surface area contributed by atoms with Crippen molar-refractivity contribution in [3.05, 3.63) is 64.4 Å². The van der Waals surface area contributed by atoms with Gasteiger partial charge in [-0.05, 0) is 49.8 Å². The molecule has 1 aliphatic heterocycles. The molecule has 6 heteroatoms. The van der Waals surface area contributed by atoms with Gasteiger partial charge in [0.2, 0.25) is 5.78 Å². The molecule has 2 aromatic carbocycles. The molecule has 0 spiro atoms. The van der Waals surface area contributed by atoms with Crippen molar-refractivity contribution in [3.8, 4) is 11.5 Å². The first-order chi connectivity index (χ1) is 12.5. The molecule has 0 radical (unpaired) electrons.